The number of hydrogen-bond acceptors (Lipinski definition) is 2. The van der Waals surface area contributed by atoms with Crippen LogP contribution < -0.4 is 4.74 Å². The van der Waals surface area contributed by atoms with Crippen LogP contribution >= 0.6 is 11.6 Å². The molecule has 0 saturated carbocycles. The van der Waals surface area contributed by atoms with E-state index in [1.807, 2.05) is 26.1 Å². The van der Waals surface area contributed by atoms with E-state index < -0.39 is 0 Å². The van der Waals surface area contributed by atoms with Gasteiger partial charge in [-0.3, -0.25) is 4.68 Å². The Hall–Kier alpha value is -1.48. The molecule has 0 aliphatic carbocycles. The van der Waals surface area contributed by atoms with E-state index >= 15 is 0 Å². The molecule has 1 heterocycles. The lowest BCUT2D eigenvalue weighted by molar-refractivity contribution is 0.295. The van der Waals surface area contributed by atoms with Crippen molar-refractivity contribution in [3.63, 3.8) is 0 Å². The first-order chi connectivity index (χ1) is 9.82. The summed E-state index contributed by atoms with van der Waals surface area (Å²) < 4.78 is 7.63. The maximum absolute atomic E-state index is 6.32. The van der Waals surface area contributed by atoms with Gasteiger partial charge in [-0.2, -0.15) is 5.10 Å². The molecule has 0 fully saturated rings. The van der Waals surface area contributed by atoms with Crippen molar-refractivity contribution in [2.45, 2.75) is 46.1 Å². The molecule has 1 aromatic carbocycles. The van der Waals surface area contributed by atoms with Gasteiger partial charge >= 0.3 is 0 Å². The number of aryl methyl sites for hydroxylation is 2. The first-order valence-electron chi connectivity index (χ1n) is 7.26. The minimum Gasteiger partial charge on any atom is -0.487 e. The maximum Gasteiger partial charge on any atom is 0.131 e. The third kappa shape index (κ3) is 3.59. The molecule has 0 amide bonds. The van der Waals surface area contributed by atoms with Crippen molar-refractivity contribution in [3.05, 3.63) is 46.2 Å². The number of aromatic nitrogens is 2. The van der Waals surface area contributed by atoms with E-state index in [9.17, 15) is 0 Å². The number of nitrogens with zero attached hydrogens (tertiary/aromatic N) is 2. The van der Waals surface area contributed by atoms with Crippen LogP contribution in [0.1, 0.15) is 44.6 Å². The molecular formula is C17H23ClN2O. The van der Waals surface area contributed by atoms with Crippen LogP contribution in [0.4, 0.5) is 0 Å². The molecule has 0 radical (unpaired) electrons. The zero-order chi connectivity index (χ0) is 15.6. The summed E-state index contributed by atoms with van der Waals surface area (Å²) in [5.41, 5.74) is 3.27. The second kappa shape index (κ2) is 6.10. The van der Waals surface area contributed by atoms with Gasteiger partial charge < -0.3 is 4.74 Å². The third-order valence-electron chi connectivity index (χ3n) is 3.60. The molecule has 1 aromatic heterocycles. The molecule has 0 atom stereocenters. The summed E-state index contributed by atoms with van der Waals surface area (Å²) in [5, 5.41) is 5.11. The van der Waals surface area contributed by atoms with Gasteiger partial charge in [-0.05, 0) is 29.5 Å². The molecule has 3 nitrogen and oxygen atoms in total. The molecule has 21 heavy (non-hydrogen) atoms. The summed E-state index contributed by atoms with van der Waals surface area (Å²) in [6.07, 6.45) is 0.826. The van der Waals surface area contributed by atoms with Crippen LogP contribution in [0.5, 0.6) is 5.75 Å². The van der Waals surface area contributed by atoms with Crippen LogP contribution in [-0.2, 0) is 25.5 Å². The van der Waals surface area contributed by atoms with Gasteiger partial charge in [-0.25, -0.2) is 0 Å². The van der Waals surface area contributed by atoms with Crippen LogP contribution in [0.3, 0.4) is 0 Å². The van der Waals surface area contributed by atoms with Crippen LogP contribution in [0.15, 0.2) is 24.3 Å². The normalized spacial score (nSPS) is 11.7. The van der Waals surface area contributed by atoms with Crippen molar-refractivity contribution < 1.29 is 4.74 Å². The van der Waals surface area contributed by atoms with Gasteiger partial charge in [-0.1, -0.05) is 51.4 Å². The fraction of sp³-hybridized carbons (Fsp3) is 0.471. The highest BCUT2D eigenvalue weighted by Gasteiger charge is 2.15. The van der Waals surface area contributed by atoms with Crippen molar-refractivity contribution >= 4 is 11.6 Å². The molecule has 0 bridgehead atoms. The zero-order valence-electron chi connectivity index (χ0n) is 13.4. The Bertz CT molecular complexity index is 609. The maximum atomic E-state index is 6.32. The molecule has 0 saturated heterocycles. The number of hydrogen-bond donors (Lipinski definition) is 0. The Labute approximate surface area is 131 Å². The average molecular weight is 307 g/mol. The third-order valence-corrected chi connectivity index (χ3v) is 4.04. The Morgan fingerprint density at radius 1 is 1.19 bits per heavy atom. The summed E-state index contributed by atoms with van der Waals surface area (Å²) in [6.45, 7) is 9.07. The number of ether oxygens (including phenoxy) is 1. The Kier molecular flexibility index (Phi) is 4.62. The highest BCUT2D eigenvalue weighted by molar-refractivity contribution is 6.31. The van der Waals surface area contributed by atoms with Crippen molar-refractivity contribution in [2.75, 3.05) is 0 Å². The van der Waals surface area contributed by atoms with E-state index in [1.54, 1.807) is 4.68 Å². The van der Waals surface area contributed by atoms with Crippen molar-refractivity contribution in [2.24, 2.45) is 7.05 Å². The highest BCUT2D eigenvalue weighted by Crippen LogP contribution is 2.26. The van der Waals surface area contributed by atoms with Gasteiger partial charge in [-0.15, -0.1) is 0 Å². The van der Waals surface area contributed by atoms with Crippen LogP contribution in [-0.4, -0.2) is 9.78 Å². The molecule has 2 aromatic rings. The average Bonchev–Trinajstić information content (AvgIpc) is 2.70. The van der Waals surface area contributed by atoms with Crippen LogP contribution in [0.2, 0.25) is 5.02 Å². The van der Waals surface area contributed by atoms with E-state index in [4.69, 9.17) is 16.3 Å². The van der Waals surface area contributed by atoms with Gasteiger partial charge in [0.15, 0.2) is 0 Å². The first kappa shape index (κ1) is 15.9. The predicted octanol–water partition coefficient (Wildman–Crippen LogP) is 4.51. The topological polar surface area (TPSA) is 27.1 Å². The molecule has 0 spiro atoms. The second-order valence-electron chi connectivity index (χ2n) is 6.25. The van der Waals surface area contributed by atoms with Crippen LogP contribution in [0.25, 0.3) is 0 Å². The van der Waals surface area contributed by atoms with E-state index in [-0.39, 0.29) is 5.41 Å². The monoisotopic (exact) mass is 306 g/mol. The van der Waals surface area contributed by atoms with Gasteiger partial charge in [0.2, 0.25) is 0 Å². The van der Waals surface area contributed by atoms with Crippen LogP contribution in [0, 0.1) is 0 Å². The predicted molar refractivity (Wildman–Crippen MR) is 87.1 cm³/mol. The lowest BCUT2D eigenvalue weighted by Gasteiger charge is -2.19. The number of benzene rings is 1. The lowest BCUT2D eigenvalue weighted by Crippen LogP contribution is -2.10. The molecule has 4 heteroatoms. The smallest absolute Gasteiger partial charge is 0.131 e. The fourth-order valence-electron chi connectivity index (χ4n) is 2.18. The minimum absolute atomic E-state index is 0.153. The molecular weight excluding hydrogens is 284 g/mol. The molecule has 0 aliphatic heterocycles. The van der Waals surface area contributed by atoms with Crippen molar-refractivity contribution in [1.82, 2.24) is 9.78 Å². The van der Waals surface area contributed by atoms with Gasteiger partial charge in [0.1, 0.15) is 12.4 Å². The first-order valence-corrected chi connectivity index (χ1v) is 7.64. The quantitative estimate of drug-likeness (QED) is 0.831. The van der Waals surface area contributed by atoms with Crippen molar-refractivity contribution in [1.29, 1.82) is 0 Å². The highest BCUT2D eigenvalue weighted by atomic mass is 35.5. The summed E-state index contributed by atoms with van der Waals surface area (Å²) in [7, 11) is 1.90. The zero-order valence-corrected chi connectivity index (χ0v) is 14.2. The lowest BCUT2D eigenvalue weighted by atomic mass is 9.87. The van der Waals surface area contributed by atoms with Gasteiger partial charge in [0.25, 0.3) is 0 Å². The minimum atomic E-state index is 0.153. The second-order valence-corrected chi connectivity index (χ2v) is 6.63. The fourth-order valence-corrected chi connectivity index (χ4v) is 2.53. The number of rotatable bonds is 4. The SMILES string of the molecule is CCc1nn(C)c(COc2ccc(C(C)(C)C)cc2)c1Cl. The summed E-state index contributed by atoms with van der Waals surface area (Å²) in [5.74, 6) is 0.846. The molecule has 0 unspecified atom stereocenters. The Morgan fingerprint density at radius 3 is 2.29 bits per heavy atom. The molecule has 0 N–H and O–H groups in total. The summed E-state index contributed by atoms with van der Waals surface area (Å²) >= 11 is 6.32. The summed E-state index contributed by atoms with van der Waals surface area (Å²) in [6, 6.07) is 8.23. The molecule has 0 aliphatic rings. The largest absolute Gasteiger partial charge is 0.487 e. The van der Waals surface area contributed by atoms with E-state index in [2.05, 4.69) is 38.0 Å². The van der Waals surface area contributed by atoms with Gasteiger partial charge in [0, 0.05) is 7.05 Å². The van der Waals surface area contributed by atoms with Gasteiger partial charge in [0.05, 0.1) is 16.4 Å². The van der Waals surface area contributed by atoms with E-state index in [1.165, 1.54) is 5.56 Å². The molecule has 2 rings (SSSR count). The standard InChI is InChI=1S/C17H23ClN2O/c1-6-14-16(18)15(20(5)19-14)11-21-13-9-7-12(8-10-13)17(2,3)4/h7-10H,6,11H2,1-5H3. The Balaban J connectivity index is 2.08. The van der Waals surface area contributed by atoms with E-state index in [0.29, 0.717) is 11.6 Å². The molecule has 114 valence electrons. The van der Waals surface area contributed by atoms with Crippen molar-refractivity contribution in [3.8, 4) is 5.75 Å². The Morgan fingerprint density at radius 2 is 1.81 bits per heavy atom. The summed E-state index contributed by atoms with van der Waals surface area (Å²) in [4.78, 5) is 0. The number of halogens is 1. The van der Waals surface area contributed by atoms with E-state index in [0.717, 1.165) is 23.6 Å².